The summed E-state index contributed by atoms with van der Waals surface area (Å²) in [6, 6.07) is 5.69. The Kier molecular flexibility index (Phi) is 8.87. The molecule has 0 radical (unpaired) electrons. The Morgan fingerprint density at radius 2 is 1.76 bits per heavy atom. The van der Waals surface area contributed by atoms with E-state index < -0.39 is 29.4 Å². The van der Waals surface area contributed by atoms with Crippen LogP contribution >= 0.6 is 0 Å². The van der Waals surface area contributed by atoms with Crippen molar-refractivity contribution in [1.29, 1.82) is 0 Å². The molecule has 1 aromatic carbocycles. The van der Waals surface area contributed by atoms with Crippen LogP contribution in [0.2, 0.25) is 0 Å². The van der Waals surface area contributed by atoms with E-state index in [4.69, 9.17) is 19.3 Å². The van der Waals surface area contributed by atoms with Crippen LogP contribution in [0.3, 0.4) is 0 Å². The van der Waals surface area contributed by atoms with Gasteiger partial charge in [-0.25, -0.2) is 14.4 Å². The molecule has 0 saturated carbocycles. The van der Waals surface area contributed by atoms with Crippen LogP contribution in [-0.4, -0.2) is 65.7 Å². The molecule has 182 valence electrons. The summed E-state index contributed by atoms with van der Waals surface area (Å²) in [5.41, 5.74) is -1.38. The summed E-state index contributed by atoms with van der Waals surface area (Å²) in [4.78, 5) is 38.0. The summed E-state index contributed by atoms with van der Waals surface area (Å²) in [7, 11) is 0. The van der Waals surface area contributed by atoms with E-state index in [2.05, 4.69) is 11.9 Å². The number of carbonyl (C=O) groups is 3. The molecular weight excluding hydrogens is 428 g/mol. The Labute approximate surface area is 194 Å². The first-order valence-electron chi connectivity index (χ1n) is 10.9. The fourth-order valence-corrected chi connectivity index (χ4v) is 3.34. The van der Waals surface area contributed by atoms with Gasteiger partial charge in [-0.15, -0.1) is 0 Å². The molecule has 1 aliphatic heterocycles. The van der Waals surface area contributed by atoms with Crippen molar-refractivity contribution in [2.75, 3.05) is 31.6 Å². The highest BCUT2D eigenvalue weighted by Gasteiger charge is 2.34. The molecule has 0 aliphatic carbocycles. The number of rotatable bonds is 8. The average Bonchev–Trinajstić information content (AvgIpc) is 2.73. The number of benzene rings is 1. The van der Waals surface area contributed by atoms with E-state index in [9.17, 15) is 14.4 Å². The zero-order valence-electron chi connectivity index (χ0n) is 19.8. The smallest absolute Gasteiger partial charge is 0.412 e. The normalized spacial score (nSPS) is 16.2. The van der Waals surface area contributed by atoms with Gasteiger partial charge in [-0.1, -0.05) is 6.58 Å². The lowest BCUT2D eigenvalue weighted by molar-refractivity contribution is -0.0104. The Hall–Kier alpha value is -3.07. The molecule has 0 spiro atoms. The van der Waals surface area contributed by atoms with Crippen molar-refractivity contribution in [2.24, 2.45) is 5.92 Å². The van der Waals surface area contributed by atoms with Crippen molar-refractivity contribution < 1.29 is 33.7 Å². The molecule has 1 aromatic rings. The van der Waals surface area contributed by atoms with Gasteiger partial charge >= 0.3 is 18.2 Å². The molecule has 0 bridgehead atoms. The van der Waals surface area contributed by atoms with E-state index >= 15 is 0 Å². The fraction of sp³-hybridized carbons (Fsp3) is 0.542. The first-order valence-corrected chi connectivity index (χ1v) is 10.9. The highest BCUT2D eigenvalue weighted by molar-refractivity contribution is 5.89. The topological polar surface area (TPSA) is 114 Å². The predicted molar refractivity (Wildman–Crippen MR) is 123 cm³/mol. The summed E-state index contributed by atoms with van der Waals surface area (Å²) < 4.78 is 16.6. The molecule has 1 heterocycles. The molecule has 0 aromatic heterocycles. The lowest BCUT2D eigenvalue weighted by Gasteiger charge is -2.36. The second-order valence-corrected chi connectivity index (χ2v) is 9.33. The van der Waals surface area contributed by atoms with Crippen molar-refractivity contribution >= 4 is 23.8 Å². The molecule has 9 heteroatoms. The van der Waals surface area contributed by atoms with E-state index in [1.165, 1.54) is 30.3 Å². The van der Waals surface area contributed by atoms with Crippen LogP contribution in [0.25, 0.3) is 0 Å². The zero-order valence-corrected chi connectivity index (χ0v) is 19.8. The molecule has 1 aliphatic rings. The number of nitrogens with one attached hydrogen (secondary N) is 1. The number of ether oxygens (including phenoxy) is 3. The second kappa shape index (κ2) is 11.2. The van der Waals surface area contributed by atoms with Gasteiger partial charge in [-0.05, 0) is 76.8 Å². The van der Waals surface area contributed by atoms with Crippen LogP contribution in [0.5, 0.6) is 0 Å². The summed E-state index contributed by atoms with van der Waals surface area (Å²) in [6.07, 6.45) is 1.89. The first-order chi connectivity index (χ1) is 15.4. The molecule has 1 fully saturated rings. The molecular formula is C24H34N2O7. The number of hydrogen-bond donors (Lipinski definition) is 2. The van der Waals surface area contributed by atoms with E-state index in [0.717, 1.165) is 12.8 Å². The molecule has 1 unspecified atom stereocenters. The molecule has 9 nitrogen and oxygen atoms in total. The Morgan fingerprint density at radius 1 is 1.15 bits per heavy atom. The van der Waals surface area contributed by atoms with Gasteiger partial charge in [0.1, 0.15) is 11.2 Å². The minimum atomic E-state index is -1.19. The average molecular weight is 463 g/mol. The monoisotopic (exact) mass is 462 g/mol. The third-order valence-electron chi connectivity index (χ3n) is 5.11. The van der Waals surface area contributed by atoms with Crippen molar-refractivity contribution in [3.63, 3.8) is 0 Å². The third-order valence-corrected chi connectivity index (χ3v) is 5.11. The first kappa shape index (κ1) is 26.2. The van der Waals surface area contributed by atoms with Crippen LogP contribution < -0.4 is 5.32 Å². The second-order valence-electron chi connectivity index (χ2n) is 9.33. The number of carboxylic acids is 1. The van der Waals surface area contributed by atoms with Gasteiger partial charge < -0.3 is 24.2 Å². The number of aromatic carboxylic acids is 1. The minimum Gasteiger partial charge on any atom is -0.478 e. The Morgan fingerprint density at radius 3 is 2.27 bits per heavy atom. The maximum absolute atomic E-state index is 12.9. The van der Waals surface area contributed by atoms with Crippen LogP contribution in [0.4, 0.5) is 15.3 Å². The van der Waals surface area contributed by atoms with Crippen molar-refractivity contribution in [3.05, 3.63) is 42.5 Å². The maximum atomic E-state index is 12.9. The fourth-order valence-electron chi connectivity index (χ4n) is 3.34. The number of hydrogen-bond acceptors (Lipinski definition) is 6. The van der Waals surface area contributed by atoms with E-state index in [-0.39, 0.29) is 18.0 Å². The summed E-state index contributed by atoms with van der Waals surface area (Å²) in [5, 5.41) is 11.6. The van der Waals surface area contributed by atoms with Crippen LogP contribution in [0, 0.1) is 5.92 Å². The van der Waals surface area contributed by atoms with Crippen molar-refractivity contribution in [3.8, 4) is 0 Å². The number of carboxylic acid groups (broad SMARTS) is 1. The maximum Gasteiger partial charge on any atom is 0.412 e. The zero-order chi connectivity index (χ0) is 24.6. The quantitative estimate of drug-likeness (QED) is 0.545. The van der Waals surface area contributed by atoms with E-state index in [1.54, 1.807) is 32.6 Å². The number of nitrogens with zero attached hydrogens (tertiary/aromatic N) is 1. The van der Waals surface area contributed by atoms with Crippen LogP contribution in [-0.2, 0) is 14.2 Å². The molecule has 2 N–H and O–H groups in total. The van der Waals surface area contributed by atoms with Gasteiger partial charge in [-0.2, -0.15) is 0 Å². The van der Waals surface area contributed by atoms with E-state index in [0.29, 0.717) is 25.4 Å². The Balaban J connectivity index is 2.09. The molecule has 2 rings (SSSR count). The molecule has 1 atom stereocenters. The van der Waals surface area contributed by atoms with Crippen molar-refractivity contribution in [2.45, 2.75) is 51.7 Å². The number of anilines is 1. The standard InChI is InChI=1S/C24H34N2O7/c1-6-24(5,32-21(29)25-19-9-7-18(8-10-19)20(27)28)16-26(22(30)33-23(2,3)4)15-17-11-13-31-14-12-17/h6-10,17H,1,11-16H2,2-5H3,(H,25,29)(H,27,28). The summed E-state index contributed by atoms with van der Waals surface area (Å²) in [5.74, 6) is -0.808. The molecule has 1 saturated heterocycles. The summed E-state index contributed by atoms with van der Waals surface area (Å²) >= 11 is 0. The number of amides is 2. The Bertz CT molecular complexity index is 841. The van der Waals surface area contributed by atoms with Gasteiger partial charge in [0.2, 0.25) is 0 Å². The van der Waals surface area contributed by atoms with Gasteiger partial charge in [0.25, 0.3) is 0 Å². The van der Waals surface area contributed by atoms with Gasteiger partial charge in [0.05, 0.1) is 12.1 Å². The highest BCUT2D eigenvalue weighted by atomic mass is 16.6. The molecule has 2 amide bonds. The lowest BCUT2D eigenvalue weighted by Crippen LogP contribution is -2.49. The SMILES string of the molecule is C=CC(C)(CN(CC1CCOCC1)C(=O)OC(C)(C)C)OC(=O)Nc1ccc(C(=O)O)cc1. The van der Waals surface area contributed by atoms with Crippen LogP contribution in [0.15, 0.2) is 36.9 Å². The van der Waals surface area contributed by atoms with Gasteiger partial charge in [0.15, 0.2) is 0 Å². The summed E-state index contributed by atoms with van der Waals surface area (Å²) in [6.45, 7) is 12.6. The van der Waals surface area contributed by atoms with Crippen molar-refractivity contribution in [1.82, 2.24) is 4.90 Å². The number of carbonyl (C=O) groups excluding carboxylic acids is 2. The van der Waals surface area contributed by atoms with E-state index in [1.807, 2.05) is 0 Å². The lowest BCUT2D eigenvalue weighted by atomic mass is 9.98. The highest BCUT2D eigenvalue weighted by Crippen LogP contribution is 2.23. The third kappa shape index (κ3) is 8.76. The predicted octanol–water partition coefficient (Wildman–Crippen LogP) is 4.54. The molecule has 33 heavy (non-hydrogen) atoms. The minimum absolute atomic E-state index is 0.0636. The van der Waals surface area contributed by atoms with Gasteiger partial charge in [-0.3, -0.25) is 5.32 Å². The van der Waals surface area contributed by atoms with Gasteiger partial charge in [0, 0.05) is 25.4 Å². The largest absolute Gasteiger partial charge is 0.478 e. The van der Waals surface area contributed by atoms with Crippen LogP contribution in [0.1, 0.15) is 50.9 Å².